The number of hydrogen-bond donors (Lipinski definition) is 1. The van der Waals surface area contributed by atoms with Crippen molar-refractivity contribution in [1.29, 1.82) is 0 Å². The van der Waals surface area contributed by atoms with Crippen LogP contribution in [0.25, 0.3) is 0 Å². The zero-order valence-corrected chi connectivity index (χ0v) is 15.3. The molecule has 1 N–H and O–H groups in total. The Kier molecular flexibility index (Phi) is 6.39. The van der Waals surface area contributed by atoms with Crippen LogP contribution in [-0.2, 0) is 6.42 Å². The summed E-state index contributed by atoms with van der Waals surface area (Å²) in [5, 5.41) is 5.52. The lowest BCUT2D eigenvalue weighted by molar-refractivity contribution is 0.550. The number of likely N-dealkylation sites (N-methyl/N-ethyl adjacent to an activating group) is 1. The number of nitrogens with one attached hydrogen (secondary N) is 1. The fourth-order valence-corrected chi connectivity index (χ4v) is 3.61. The summed E-state index contributed by atoms with van der Waals surface area (Å²) in [6, 6.07) is 11.5. The molecule has 0 amide bonds. The van der Waals surface area contributed by atoms with E-state index in [1.54, 1.807) is 0 Å². The van der Waals surface area contributed by atoms with Gasteiger partial charge in [0, 0.05) is 25.6 Å². The van der Waals surface area contributed by atoms with E-state index in [0.29, 0.717) is 16.5 Å². The molecule has 0 heterocycles. The lowest BCUT2D eigenvalue weighted by Crippen LogP contribution is -2.23. The number of rotatable bonds is 5. The summed E-state index contributed by atoms with van der Waals surface area (Å²) in [6.45, 7) is 2.90. The van der Waals surface area contributed by atoms with E-state index in [4.69, 9.17) is 34.8 Å². The average Bonchev–Trinajstić information content (AvgIpc) is 2.42. The van der Waals surface area contributed by atoms with Crippen LogP contribution in [0.15, 0.2) is 40.9 Å². The second kappa shape index (κ2) is 7.85. The topological polar surface area (TPSA) is 12.0 Å². The fraction of sp³-hybridized carbons (Fsp3) is 0.250. The van der Waals surface area contributed by atoms with Gasteiger partial charge in [-0.25, -0.2) is 0 Å². The molecule has 0 bridgehead atoms. The molecule has 0 aliphatic rings. The maximum Gasteiger partial charge on any atom is 0.0465 e. The highest BCUT2D eigenvalue weighted by Crippen LogP contribution is 2.33. The van der Waals surface area contributed by atoms with Gasteiger partial charge in [0.15, 0.2) is 0 Å². The van der Waals surface area contributed by atoms with Gasteiger partial charge < -0.3 is 5.32 Å². The van der Waals surface area contributed by atoms with Crippen molar-refractivity contribution in [2.24, 2.45) is 0 Å². The minimum Gasteiger partial charge on any atom is -0.310 e. The van der Waals surface area contributed by atoms with Crippen molar-refractivity contribution in [1.82, 2.24) is 5.32 Å². The maximum atomic E-state index is 6.37. The van der Waals surface area contributed by atoms with E-state index in [0.717, 1.165) is 27.2 Å². The number of halogens is 4. The summed E-state index contributed by atoms with van der Waals surface area (Å²) >= 11 is 22.3. The molecule has 112 valence electrons. The zero-order valence-electron chi connectivity index (χ0n) is 11.5. The summed E-state index contributed by atoms with van der Waals surface area (Å²) in [6.07, 6.45) is 0.688. The molecule has 1 unspecified atom stereocenters. The van der Waals surface area contributed by atoms with E-state index in [2.05, 4.69) is 28.2 Å². The highest BCUT2D eigenvalue weighted by atomic mass is 79.9. The van der Waals surface area contributed by atoms with Crippen molar-refractivity contribution in [3.8, 4) is 0 Å². The van der Waals surface area contributed by atoms with E-state index in [9.17, 15) is 0 Å². The third-order valence-corrected chi connectivity index (χ3v) is 4.79. The molecule has 2 aromatic rings. The third-order valence-electron chi connectivity index (χ3n) is 3.26. The van der Waals surface area contributed by atoms with Gasteiger partial charge in [0.2, 0.25) is 0 Å². The first-order valence-corrected chi connectivity index (χ1v) is 8.56. The minimum absolute atomic E-state index is 0.0630. The molecular weight excluding hydrogens is 392 g/mol. The van der Waals surface area contributed by atoms with Crippen LogP contribution < -0.4 is 5.32 Å². The largest absolute Gasteiger partial charge is 0.310 e. The molecule has 5 heteroatoms. The zero-order chi connectivity index (χ0) is 15.4. The molecule has 0 saturated heterocycles. The van der Waals surface area contributed by atoms with Gasteiger partial charge in [-0.3, -0.25) is 0 Å². The summed E-state index contributed by atoms with van der Waals surface area (Å²) in [4.78, 5) is 0. The molecule has 0 spiro atoms. The number of hydrogen-bond acceptors (Lipinski definition) is 1. The molecule has 0 saturated carbocycles. The highest BCUT2D eigenvalue weighted by molar-refractivity contribution is 9.10. The molecule has 1 atom stereocenters. The molecule has 0 fully saturated rings. The summed E-state index contributed by atoms with van der Waals surface area (Å²) in [5.74, 6) is 0. The summed E-state index contributed by atoms with van der Waals surface area (Å²) < 4.78 is 0.960. The smallest absolute Gasteiger partial charge is 0.0465 e. The van der Waals surface area contributed by atoms with E-state index >= 15 is 0 Å². The Morgan fingerprint density at radius 3 is 2.29 bits per heavy atom. The van der Waals surface area contributed by atoms with Crippen LogP contribution in [0, 0.1) is 0 Å². The molecule has 0 radical (unpaired) electrons. The van der Waals surface area contributed by atoms with Gasteiger partial charge in [0.25, 0.3) is 0 Å². The van der Waals surface area contributed by atoms with Crippen LogP contribution in [0.3, 0.4) is 0 Å². The average molecular weight is 408 g/mol. The molecule has 2 aromatic carbocycles. The lowest BCUT2D eigenvalue weighted by Gasteiger charge is -2.21. The Bertz CT molecular complexity index is 611. The van der Waals surface area contributed by atoms with Gasteiger partial charge in [0.1, 0.15) is 0 Å². The molecule has 0 aliphatic heterocycles. The Hall–Kier alpha value is -0.250. The van der Waals surface area contributed by atoms with Crippen molar-refractivity contribution in [2.75, 3.05) is 6.54 Å². The van der Waals surface area contributed by atoms with Gasteiger partial charge in [-0.05, 0) is 48.4 Å². The van der Waals surface area contributed by atoms with Gasteiger partial charge >= 0.3 is 0 Å². The molecule has 21 heavy (non-hydrogen) atoms. The minimum atomic E-state index is 0.0630. The van der Waals surface area contributed by atoms with Crippen LogP contribution in [-0.4, -0.2) is 6.54 Å². The molecule has 1 nitrogen and oxygen atoms in total. The first kappa shape index (κ1) is 17.1. The van der Waals surface area contributed by atoms with Crippen molar-refractivity contribution < 1.29 is 0 Å². The molecule has 0 aromatic heterocycles. The first-order valence-electron chi connectivity index (χ1n) is 6.64. The van der Waals surface area contributed by atoms with E-state index in [-0.39, 0.29) is 6.04 Å². The standard InChI is InChI=1S/C16H15BrCl3N/c1-2-21-16(11-7-6-10(17)8-15(11)20)9-12-13(18)4-3-5-14(12)19/h3-8,16,21H,2,9H2,1H3. The molecule has 2 rings (SSSR count). The fourth-order valence-electron chi connectivity index (χ4n) is 2.25. The monoisotopic (exact) mass is 405 g/mol. The van der Waals surface area contributed by atoms with Crippen LogP contribution >= 0.6 is 50.7 Å². The first-order chi connectivity index (χ1) is 10.0. The second-order valence-corrected chi connectivity index (χ2v) is 6.82. The van der Waals surface area contributed by atoms with Gasteiger partial charge in [0.05, 0.1) is 0 Å². The van der Waals surface area contributed by atoms with Crippen LogP contribution in [0.2, 0.25) is 15.1 Å². The van der Waals surface area contributed by atoms with Crippen LogP contribution in [0.1, 0.15) is 24.1 Å². The molecular formula is C16H15BrCl3N. The Labute approximate surface area is 148 Å². The van der Waals surface area contributed by atoms with Gasteiger partial charge in [-0.1, -0.05) is 69.8 Å². The predicted octanol–water partition coefficient (Wildman–Crippen LogP) is 6.30. The van der Waals surface area contributed by atoms with Crippen molar-refractivity contribution in [3.05, 3.63) is 67.1 Å². The van der Waals surface area contributed by atoms with Crippen molar-refractivity contribution in [2.45, 2.75) is 19.4 Å². The summed E-state index contributed by atoms with van der Waals surface area (Å²) in [5.41, 5.74) is 1.98. The van der Waals surface area contributed by atoms with Crippen molar-refractivity contribution >= 4 is 50.7 Å². The Morgan fingerprint density at radius 1 is 1.05 bits per heavy atom. The van der Waals surface area contributed by atoms with Gasteiger partial charge in [-0.2, -0.15) is 0 Å². The third kappa shape index (κ3) is 4.37. The van der Waals surface area contributed by atoms with E-state index < -0.39 is 0 Å². The Balaban J connectivity index is 2.35. The highest BCUT2D eigenvalue weighted by Gasteiger charge is 2.17. The van der Waals surface area contributed by atoms with Crippen LogP contribution in [0.4, 0.5) is 0 Å². The van der Waals surface area contributed by atoms with Gasteiger partial charge in [-0.15, -0.1) is 0 Å². The van der Waals surface area contributed by atoms with E-state index in [1.165, 1.54) is 0 Å². The quantitative estimate of drug-likeness (QED) is 0.613. The second-order valence-electron chi connectivity index (χ2n) is 4.68. The normalized spacial score (nSPS) is 12.4. The predicted molar refractivity (Wildman–Crippen MR) is 95.7 cm³/mol. The lowest BCUT2D eigenvalue weighted by atomic mass is 9.98. The SMILES string of the molecule is CCNC(Cc1c(Cl)cccc1Cl)c1ccc(Br)cc1Cl. The van der Waals surface area contributed by atoms with E-state index in [1.807, 2.05) is 36.4 Å². The van der Waals surface area contributed by atoms with Crippen molar-refractivity contribution in [3.63, 3.8) is 0 Å². The summed E-state index contributed by atoms with van der Waals surface area (Å²) in [7, 11) is 0. The molecule has 0 aliphatic carbocycles. The maximum absolute atomic E-state index is 6.37. The number of benzene rings is 2. The van der Waals surface area contributed by atoms with Crippen LogP contribution in [0.5, 0.6) is 0 Å². The Morgan fingerprint density at radius 2 is 1.71 bits per heavy atom.